The highest BCUT2D eigenvalue weighted by atomic mass is 16.5. The first-order valence-corrected chi connectivity index (χ1v) is 6.94. The summed E-state index contributed by atoms with van der Waals surface area (Å²) >= 11 is 0. The summed E-state index contributed by atoms with van der Waals surface area (Å²) in [5.74, 6) is 0.911. The van der Waals surface area contributed by atoms with E-state index in [1.54, 1.807) is 19.2 Å². The Morgan fingerprint density at radius 2 is 2.00 bits per heavy atom. The lowest BCUT2D eigenvalue weighted by Crippen LogP contribution is -2.46. The van der Waals surface area contributed by atoms with E-state index in [-0.39, 0.29) is 18.6 Å². The molecular weight excluding hydrogens is 258 g/mol. The van der Waals surface area contributed by atoms with Gasteiger partial charge in [0.15, 0.2) is 18.1 Å². The molecule has 0 bridgehead atoms. The first kappa shape index (κ1) is 14.7. The molecule has 20 heavy (non-hydrogen) atoms. The van der Waals surface area contributed by atoms with Gasteiger partial charge in [0, 0.05) is 0 Å². The molecule has 2 N–H and O–H groups in total. The highest BCUT2D eigenvalue weighted by Gasteiger charge is 2.24. The van der Waals surface area contributed by atoms with Crippen LogP contribution >= 0.6 is 0 Å². The minimum absolute atomic E-state index is 0.0798. The van der Waals surface area contributed by atoms with E-state index in [1.165, 1.54) is 0 Å². The first-order valence-electron chi connectivity index (χ1n) is 6.94. The summed E-state index contributed by atoms with van der Waals surface area (Å²) < 4.78 is 10.6. The van der Waals surface area contributed by atoms with E-state index >= 15 is 0 Å². The van der Waals surface area contributed by atoms with Gasteiger partial charge in [-0.05, 0) is 25.0 Å². The van der Waals surface area contributed by atoms with Crippen LogP contribution in [0.15, 0.2) is 24.3 Å². The van der Waals surface area contributed by atoms with Crippen LogP contribution in [-0.2, 0) is 4.79 Å². The lowest BCUT2D eigenvalue weighted by atomic mass is 9.92. The van der Waals surface area contributed by atoms with Gasteiger partial charge < -0.3 is 19.9 Å². The summed E-state index contributed by atoms with van der Waals surface area (Å²) in [5, 5.41) is 12.6. The number of hydrogen-bond donors (Lipinski definition) is 2. The predicted octanol–water partition coefficient (Wildman–Crippen LogP) is 1.49. The molecule has 1 aliphatic carbocycles. The van der Waals surface area contributed by atoms with E-state index in [1.807, 2.05) is 12.1 Å². The van der Waals surface area contributed by atoms with Crippen molar-refractivity contribution in [3.8, 4) is 11.5 Å². The molecule has 0 aromatic heterocycles. The number of nitrogens with one attached hydrogen (secondary N) is 1. The number of methoxy groups -OCH3 is 1. The minimum atomic E-state index is -0.445. The Hall–Kier alpha value is -1.75. The quantitative estimate of drug-likeness (QED) is 0.857. The van der Waals surface area contributed by atoms with Gasteiger partial charge in [-0.3, -0.25) is 4.79 Å². The van der Waals surface area contributed by atoms with Gasteiger partial charge in [0.2, 0.25) is 0 Å². The van der Waals surface area contributed by atoms with Gasteiger partial charge in [0.1, 0.15) is 0 Å². The smallest absolute Gasteiger partial charge is 0.258 e. The number of benzene rings is 1. The van der Waals surface area contributed by atoms with Crippen LogP contribution in [0.5, 0.6) is 11.5 Å². The fourth-order valence-corrected chi connectivity index (χ4v) is 2.41. The van der Waals surface area contributed by atoms with Gasteiger partial charge in [0.05, 0.1) is 19.3 Å². The summed E-state index contributed by atoms with van der Waals surface area (Å²) in [6, 6.07) is 7.03. The summed E-state index contributed by atoms with van der Waals surface area (Å²) in [6.07, 6.45) is 3.18. The van der Waals surface area contributed by atoms with Crippen molar-refractivity contribution in [3.63, 3.8) is 0 Å². The van der Waals surface area contributed by atoms with Crippen molar-refractivity contribution in [3.05, 3.63) is 24.3 Å². The molecule has 1 saturated carbocycles. The molecule has 110 valence electrons. The van der Waals surface area contributed by atoms with E-state index in [0.29, 0.717) is 11.5 Å². The maximum absolute atomic E-state index is 11.8. The van der Waals surface area contributed by atoms with Crippen LogP contribution in [0.3, 0.4) is 0 Å². The summed E-state index contributed by atoms with van der Waals surface area (Å²) in [4.78, 5) is 11.8. The molecule has 1 fully saturated rings. The molecule has 1 aromatic carbocycles. The zero-order valence-electron chi connectivity index (χ0n) is 11.7. The predicted molar refractivity (Wildman–Crippen MR) is 74.9 cm³/mol. The zero-order valence-corrected chi connectivity index (χ0v) is 11.7. The van der Waals surface area contributed by atoms with Gasteiger partial charge in [-0.25, -0.2) is 0 Å². The summed E-state index contributed by atoms with van der Waals surface area (Å²) in [5.41, 5.74) is 0. The maximum atomic E-state index is 11.8. The fraction of sp³-hybridized carbons (Fsp3) is 0.533. The average Bonchev–Trinajstić information content (AvgIpc) is 2.48. The maximum Gasteiger partial charge on any atom is 0.258 e. The Morgan fingerprint density at radius 1 is 1.30 bits per heavy atom. The minimum Gasteiger partial charge on any atom is -0.493 e. The number of carbonyl (C=O) groups is 1. The number of para-hydroxylation sites is 2. The average molecular weight is 279 g/mol. The van der Waals surface area contributed by atoms with Crippen LogP contribution in [0.4, 0.5) is 0 Å². The van der Waals surface area contributed by atoms with Crippen molar-refractivity contribution in [2.24, 2.45) is 0 Å². The molecule has 1 aromatic rings. The van der Waals surface area contributed by atoms with E-state index in [4.69, 9.17) is 9.47 Å². The fourth-order valence-electron chi connectivity index (χ4n) is 2.41. The molecule has 0 unspecified atom stereocenters. The summed E-state index contributed by atoms with van der Waals surface area (Å²) in [7, 11) is 1.56. The van der Waals surface area contributed by atoms with Gasteiger partial charge in [-0.15, -0.1) is 0 Å². The standard InChI is InChI=1S/C15H21NO4/c1-19-13-8-4-5-9-14(13)20-10-15(18)16-11-6-2-3-7-12(11)17/h4-5,8-9,11-12,17H,2-3,6-7,10H2,1H3,(H,16,18)/t11-,12-/m1/s1. The molecule has 0 heterocycles. The van der Waals surface area contributed by atoms with Crippen molar-refractivity contribution in [2.75, 3.05) is 13.7 Å². The van der Waals surface area contributed by atoms with Gasteiger partial charge in [-0.1, -0.05) is 25.0 Å². The Kier molecular flexibility index (Phi) is 5.24. The second kappa shape index (κ2) is 7.14. The molecule has 5 heteroatoms. The van der Waals surface area contributed by atoms with E-state index in [2.05, 4.69) is 5.32 Å². The van der Waals surface area contributed by atoms with E-state index in [9.17, 15) is 9.90 Å². The number of aliphatic hydroxyl groups is 1. The lowest BCUT2D eigenvalue weighted by molar-refractivity contribution is -0.125. The Bertz CT molecular complexity index is 449. The monoisotopic (exact) mass is 279 g/mol. The van der Waals surface area contributed by atoms with Gasteiger partial charge in [-0.2, -0.15) is 0 Å². The number of carbonyl (C=O) groups excluding carboxylic acids is 1. The third-order valence-electron chi connectivity index (χ3n) is 3.50. The van der Waals surface area contributed by atoms with Crippen LogP contribution in [0.1, 0.15) is 25.7 Å². The highest BCUT2D eigenvalue weighted by Crippen LogP contribution is 2.25. The Morgan fingerprint density at radius 3 is 2.70 bits per heavy atom. The molecule has 5 nitrogen and oxygen atoms in total. The zero-order chi connectivity index (χ0) is 14.4. The first-order chi connectivity index (χ1) is 9.70. The van der Waals surface area contributed by atoms with Gasteiger partial charge >= 0.3 is 0 Å². The van der Waals surface area contributed by atoms with Crippen molar-refractivity contribution in [1.29, 1.82) is 0 Å². The highest BCUT2D eigenvalue weighted by molar-refractivity contribution is 5.78. The lowest BCUT2D eigenvalue weighted by Gasteiger charge is -2.28. The molecule has 0 spiro atoms. The SMILES string of the molecule is COc1ccccc1OCC(=O)N[C@@H]1CCCC[C@H]1O. The van der Waals surface area contributed by atoms with E-state index < -0.39 is 6.10 Å². The van der Waals surface area contributed by atoms with Crippen LogP contribution in [0, 0.1) is 0 Å². The van der Waals surface area contributed by atoms with E-state index in [0.717, 1.165) is 25.7 Å². The topological polar surface area (TPSA) is 67.8 Å². The summed E-state index contributed by atoms with van der Waals surface area (Å²) in [6.45, 7) is -0.0798. The Labute approximate surface area is 118 Å². The van der Waals surface area contributed by atoms with Gasteiger partial charge in [0.25, 0.3) is 5.91 Å². The molecule has 0 radical (unpaired) electrons. The Balaban J connectivity index is 1.82. The second-order valence-electron chi connectivity index (χ2n) is 4.97. The number of amides is 1. The van der Waals surface area contributed by atoms with Crippen molar-refractivity contribution >= 4 is 5.91 Å². The molecule has 0 aliphatic heterocycles. The number of ether oxygens (including phenoxy) is 2. The molecule has 1 aliphatic rings. The van der Waals surface area contributed by atoms with Crippen LogP contribution in [0.2, 0.25) is 0 Å². The van der Waals surface area contributed by atoms with Crippen LogP contribution < -0.4 is 14.8 Å². The molecular formula is C15H21NO4. The van der Waals surface area contributed by atoms with Crippen LogP contribution in [0.25, 0.3) is 0 Å². The van der Waals surface area contributed by atoms with Crippen molar-refractivity contribution in [1.82, 2.24) is 5.32 Å². The number of aliphatic hydroxyl groups excluding tert-OH is 1. The number of hydrogen-bond acceptors (Lipinski definition) is 4. The molecule has 0 saturated heterocycles. The van der Waals surface area contributed by atoms with Crippen molar-refractivity contribution < 1.29 is 19.4 Å². The molecule has 2 rings (SSSR count). The molecule has 2 atom stereocenters. The normalized spacial score (nSPS) is 22.1. The second-order valence-corrected chi connectivity index (χ2v) is 4.97. The largest absolute Gasteiger partial charge is 0.493 e. The number of rotatable bonds is 5. The third kappa shape index (κ3) is 3.87. The molecule has 1 amide bonds. The van der Waals surface area contributed by atoms with Crippen LogP contribution in [-0.4, -0.2) is 36.9 Å². The third-order valence-corrected chi connectivity index (χ3v) is 3.50. The van der Waals surface area contributed by atoms with Crippen molar-refractivity contribution in [2.45, 2.75) is 37.8 Å².